The average molecular weight is 963 g/mol. The monoisotopic (exact) mass is 963 g/mol. The van der Waals surface area contributed by atoms with Crippen LogP contribution < -0.4 is 16.0 Å². The molecule has 3 N–H and O–H groups in total. The Balaban J connectivity index is 0.632. The van der Waals surface area contributed by atoms with Crippen LogP contribution in [0.5, 0.6) is 0 Å². The summed E-state index contributed by atoms with van der Waals surface area (Å²) in [5.41, 5.74) is 3.41. The fourth-order valence-corrected chi connectivity index (χ4v) is 11.9. The highest BCUT2D eigenvalue weighted by atomic mass is 16.5. The van der Waals surface area contributed by atoms with Crippen LogP contribution in [-0.2, 0) is 31.0 Å². The van der Waals surface area contributed by atoms with Crippen molar-refractivity contribution < 1.29 is 28.7 Å². The van der Waals surface area contributed by atoms with Crippen LogP contribution in [0.4, 0.5) is 17.5 Å². The van der Waals surface area contributed by atoms with Gasteiger partial charge in [0.1, 0.15) is 11.4 Å². The number of aromatic nitrogens is 4. The second kappa shape index (κ2) is 23.2. The standard InChI is InChI=1S/C52H74N12O6/c1-3-70-51(69)45-34-53-52(56-42-33-54-59(2)35-42)58-47(45)55-41-13-15-43(16-14-41)62-29-31-64(32-30-62)50(68)40-11-9-39(10-12-40)49(67)63-27-25-61(26-28-63)22-4-21-60-23-19-37(20-24-60)36-5-7-38(8-6-36)44-17-18-46(65)57-48(44)66/h5-8,33-35,37,39-41,43-44H,3-4,9-32H2,1-2H3,(H,57,65,66)(H2,53,55,56,58). The van der Waals surface area contributed by atoms with Crippen LogP contribution in [0.15, 0.2) is 42.9 Å². The number of imide groups is 1. The van der Waals surface area contributed by atoms with Crippen LogP contribution in [0.1, 0.15) is 124 Å². The first-order valence-electron chi connectivity index (χ1n) is 26.3. The van der Waals surface area contributed by atoms with Crippen LogP contribution in [0.2, 0.25) is 0 Å². The first-order valence-corrected chi connectivity index (χ1v) is 26.3. The Kier molecular flexibility index (Phi) is 16.4. The molecule has 2 saturated carbocycles. The predicted molar refractivity (Wildman–Crippen MR) is 265 cm³/mol. The number of benzene rings is 1. The Bertz CT molecular complexity index is 2270. The Morgan fingerprint density at radius 1 is 0.729 bits per heavy atom. The molecule has 18 nitrogen and oxygen atoms in total. The molecule has 9 rings (SSSR count). The molecular weight excluding hydrogens is 889 g/mol. The van der Waals surface area contributed by atoms with E-state index in [0.717, 1.165) is 160 Å². The van der Waals surface area contributed by atoms with Gasteiger partial charge in [-0.2, -0.15) is 10.1 Å². The van der Waals surface area contributed by atoms with E-state index in [1.54, 1.807) is 17.8 Å². The van der Waals surface area contributed by atoms with Crippen molar-refractivity contribution in [1.29, 1.82) is 0 Å². The van der Waals surface area contributed by atoms with E-state index in [1.807, 2.05) is 13.2 Å². The maximum Gasteiger partial charge on any atom is 0.343 e. The molecular formula is C52H74N12O6. The van der Waals surface area contributed by atoms with Gasteiger partial charge >= 0.3 is 5.97 Å². The number of carbonyl (C=O) groups is 5. The Hall–Kier alpha value is -5.46. The third-order valence-corrected chi connectivity index (χ3v) is 16.1. The molecule has 1 unspecified atom stereocenters. The van der Waals surface area contributed by atoms with Gasteiger partial charge in [0.25, 0.3) is 0 Å². The molecule has 70 heavy (non-hydrogen) atoms. The molecule has 4 amide bonds. The number of piperidine rings is 2. The van der Waals surface area contributed by atoms with Gasteiger partial charge in [-0.3, -0.25) is 39.0 Å². The van der Waals surface area contributed by atoms with Gasteiger partial charge in [0.15, 0.2) is 0 Å². The van der Waals surface area contributed by atoms with Crippen LogP contribution in [0.3, 0.4) is 0 Å². The number of ether oxygens (including phenoxy) is 1. The number of likely N-dealkylation sites (tertiary alicyclic amines) is 1. The van der Waals surface area contributed by atoms with Gasteiger partial charge in [-0.05, 0) is 127 Å². The summed E-state index contributed by atoms with van der Waals surface area (Å²) < 4.78 is 7.00. The summed E-state index contributed by atoms with van der Waals surface area (Å²) in [6.07, 6.45) is 16.6. The molecule has 0 spiro atoms. The zero-order valence-corrected chi connectivity index (χ0v) is 41.4. The lowest BCUT2D eigenvalue weighted by Gasteiger charge is -2.43. The number of carbonyl (C=O) groups excluding carboxylic acids is 5. The van der Waals surface area contributed by atoms with Gasteiger partial charge < -0.3 is 30.1 Å². The molecule has 378 valence electrons. The van der Waals surface area contributed by atoms with Crippen molar-refractivity contribution in [1.82, 2.24) is 49.6 Å². The summed E-state index contributed by atoms with van der Waals surface area (Å²) in [6, 6.07) is 9.14. The molecule has 1 aromatic carbocycles. The van der Waals surface area contributed by atoms with Gasteiger partial charge in [0.2, 0.25) is 29.6 Å². The van der Waals surface area contributed by atoms with Crippen molar-refractivity contribution in [2.24, 2.45) is 18.9 Å². The molecule has 4 aliphatic heterocycles. The zero-order valence-electron chi connectivity index (χ0n) is 41.4. The third kappa shape index (κ3) is 12.3. The fraction of sp³-hybridized carbons (Fsp3) is 0.654. The van der Waals surface area contributed by atoms with E-state index in [2.05, 4.69) is 79.8 Å². The molecule has 6 aliphatic rings. The van der Waals surface area contributed by atoms with E-state index in [4.69, 9.17) is 4.74 Å². The van der Waals surface area contributed by atoms with E-state index >= 15 is 0 Å². The number of nitrogens with zero attached hydrogens (tertiary/aromatic N) is 9. The van der Waals surface area contributed by atoms with Crippen LogP contribution >= 0.6 is 0 Å². The number of nitrogens with one attached hydrogen (secondary N) is 3. The Morgan fingerprint density at radius 3 is 1.94 bits per heavy atom. The lowest BCUT2D eigenvalue weighted by molar-refractivity contribution is -0.143. The summed E-state index contributed by atoms with van der Waals surface area (Å²) in [5, 5.41) is 13.4. The van der Waals surface area contributed by atoms with Crippen LogP contribution in [0.25, 0.3) is 0 Å². The highest BCUT2D eigenvalue weighted by molar-refractivity contribution is 6.01. The van der Waals surface area contributed by atoms with Crippen molar-refractivity contribution in [3.8, 4) is 0 Å². The summed E-state index contributed by atoms with van der Waals surface area (Å²) in [4.78, 5) is 85.0. The van der Waals surface area contributed by atoms with Gasteiger partial charge in [-0.25, -0.2) is 9.78 Å². The molecule has 1 atom stereocenters. The highest BCUT2D eigenvalue weighted by Crippen LogP contribution is 2.34. The van der Waals surface area contributed by atoms with Crippen LogP contribution in [0, 0.1) is 11.8 Å². The molecule has 0 radical (unpaired) electrons. The van der Waals surface area contributed by atoms with E-state index < -0.39 is 5.97 Å². The van der Waals surface area contributed by atoms with Crippen molar-refractivity contribution in [2.75, 3.05) is 95.8 Å². The second-order valence-corrected chi connectivity index (χ2v) is 20.6. The maximum absolute atomic E-state index is 13.8. The normalized spacial score (nSPS) is 25.6. The van der Waals surface area contributed by atoms with E-state index in [-0.39, 0.29) is 54.0 Å². The van der Waals surface area contributed by atoms with Crippen LogP contribution in [-0.4, -0.2) is 171 Å². The number of amides is 4. The summed E-state index contributed by atoms with van der Waals surface area (Å²) >= 11 is 0. The average Bonchev–Trinajstić information content (AvgIpc) is 3.80. The number of aryl methyl sites for hydroxylation is 1. The lowest BCUT2D eigenvalue weighted by atomic mass is 9.80. The van der Waals surface area contributed by atoms with E-state index in [0.29, 0.717) is 42.1 Å². The largest absolute Gasteiger partial charge is 0.462 e. The van der Waals surface area contributed by atoms with Gasteiger partial charge in [0.05, 0.1) is 24.4 Å². The number of esters is 1. The number of anilines is 3. The predicted octanol–water partition coefficient (Wildman–Crippen LogP) is 4.74. The Morgan fingerprint density at radius 2 is 1.34 bits per heavy atom. The molecule has 3 aromatic rings. The smallest absolute Gasteiger partial charge is 0.343 e. The molecule has 4 saturated heterocycles. The summed E-state index contributed by atoms with van der Waals surface area (Å²) in [6.45, 7) is 13.1. The first kappa shape index (κ1) is 49.5. The minimum absolute atomic E-state index is 0.0135. The van der Waals surface area contributed by atoms with Crippen molar-refractivity contribution in [3.63, 3.8) is 0 Å². The minimum atomic E-state index is -0.450. The molecule has 2 aromatic heterocycles. The number of rotatable bonds is 15. The lowest BCUT2D eigenvalue weighted by Crippen LogP contribution is -2.54. The van der Waals surface area contributed by atoms with Gasteiger partial charge in [0, 0.05) is 102 Å². The minimum Gasteiger partial charge on any atom is -0.462 e. The molecule has 0 bridgehead atoms. The first-order chi connectivity index (χ1) is 34.1. The summed E-state index contributed by atoms with van der Waals surface area (Å²) in [5.74, 6) is 0.945. The van der Waals surface area contributed by atoms with Gasteiger partial charge in [-0.1, -0.05) is 24.3 Å². The molecule has 6 heterocycles. The number of piperazine rings is 2. The molecule has 18 heteroatoms. The van der Waals surface area contributed by atoms with E-state index in [9.17, 15) is 24.0 Å². The fourth-order valence-electron chi connectivity index (χ4n) is 11.9. The van der Waals surface area contributed by atoms with Crippen molar-refractivity contribution in [2.45, 2.75) is 114 Å². The third-order valence-electron chi connectivity index (χ3n) is 16.1. The number of hydrogen-bond acceptors (Lipinski definition) is 14. The highest BCUT2D eigenvalue weighted by Gasteiger charge is 2.37. The topological polar surface area (TPSA) is 190 Å². The molecule has 6 fully saturated rings. The summed E-state index contributed by atoms with van der Waals surface area (Å²) in [7, 11) is 1.84. The number of hydrogen-bond donors (Lipinski definition) is 3. The quantitative estimate of drug-likeness (QED) is 0.140. The zero-order chi connectivity index (χ0) is 48.6. The molecule has 2 aliphatic carbocycles. The SMILES string of the molecule is CCOC(=O)c1cnc(Nc2cnn(C)c2)nc1NC1CCC(N2CCN(C(=O)C3CCC(C(=O)N4CCN(CCCN5CCC(c6ccc(C7CCC(=O)NC7=O)cc6)CC5)CC4)CC3)CC2)CC1. The van der Waals surface area contributed by atoms with Crippen molar-refractivity contribution in [3.05, 3.63) is 59.5 Å². The van der Waals surface area contributed by atoms with Crippen molar-refractivity contribution >= 4 is 47.1 Å². The Labute approximate surface area is 412 Å². The van der Waals surface area contributed by atoms with Gasteiger partial charge in [-0.15, -0.1) is 0 Å². The van der Waals surface area contributed by atoms with E-state index in [1.165, 1.54) is 11.8 Å². The second-order valence-electron chi connectivity index (χ2n) is 20.6. The maximum atomic E-state index is 13.8.